The van der Waals surface area contributed by atoms with Crippen molar-refractivity contribution in [2.24, 2.45) is 0 Å². The first kappa shape index (κ1) is 11.9. The summed E-state index contributed by atoms with van der Waals surface area (Å²) in [5, 5.41) is 12.1. The molecule has 0 unspecified atom stereocenters. The molecule has 0 aliphatic rings. The predicted molar refractivity (Wildman–Crippen MR) is 65.2 cm³/mol. The second kappa shape index (κ2) is 5.16. The van der Waals surface area contributed by atoms with Crippen LogP contribution in [0.5, 0.6) is 0 Å². The normalized spacial score (nSPS) is 12.5. The van der Waals surface area contributed by atoms with Gasteiger partial charge in [0.05, 0.1) is 12.3 Å². The van der Waals surface area contributed by atoms with E-state index < -0.39 is 5.97 Å². The van der Waals surface area contributed by atoms with Crippen LogP contribution in [-0.2, 0) is 6.54 Å². The maximum Gasteiger partial charge on any atom is 0.345 e. The monoisotopic (exact) mass is 251 g/mol. The van der Waals surface area contributed by atoms with E-state index in [1.807, 2.05) is 25.1 Å². The lowest BCUT2D eigenvalue weighted by Gasteiger charge is -2.09. The van der Waals surface area contributed by atoms with Gasteiger partial charge in [0.15, 0.2) is 0 Å². The molecule has 2 heterocycles. The molecule has 2 aromatic heterocycles. The highest BCUT2D eigenvalue weighted by Gasteiger charge is 2.10. The zero-order valence-electron chi connectivity index (χ0n) is 9.34. The van der Waals surface area contributed by atoms with E-state index in [4.69, 9.17) is 9.52 Å². The number of hydrogen-bond donors (Lipinski definition) is 2. The Morgan fingerprint density at radius 3 is 2.94 bits per heavy atom. The Kier molecular flexibility index (Phi) is 3.61. The molecule has 17 heavy (non-hydrogen) atoms. The van der Waals surface area contributed by atoms with Crippen molar-refractivity contribution in [3.63, 3.8) is 0 Å². The quantitative estimate of drug-likeness (QED) is 0.857. The third-order valence-electron chi connectivity index (χ3n) is 2.42. The Morgan fingerprint density at radius 1 is 1.53 bits per heavy atom. The van der Waals surface area contributed by atoms with Gasteiger partial charge in [0, 0.05) is 11.4 Å². The van der Waals surface area contributed by atoms with Crippen LogP contribution in [0.25, 0.3) is 0 Å². The van der Waals surface area contributed by atoms with Crippen molar-refractivity contribution in [2.45, 2.75) is 19.5 Å². The van der Waals surface area contributed by atoms with E-state index in [1.54, 1.807) is 12.3 Å². The number of hydrogen-bond acceptors (Lipinski definition) is 4. The van der Waals surface area contributed by atoms with Crippen molar-refractivity contribution in [3.8, 4) is 0 Å². The maximum absolute atomic E-state index is 10.7. The van der Waals surface area contributed by atoms with Crippen molar-refractivity contribution in [2.75, 3.05) is 0 Å². The van der Waals surface area contributed by atoms with E-state index in [1.165, 1.54) is 11.3 Å². The number of nitrogens with one attached hydrogen (secondary N) is 1. The van der Waals surface area contributed by atoms with Gasteiger partial charge in [-0.2, -0.15) is 0 Å². The average molecular weight is 251 g/mol. The van der Waals surface area contributed by atoms with E-state index in [0.29, 0.717) is 11.4 Å². The number of carbonyl (C=O) groups is 1. The molecule has 0 fully saturated rings. The Balaban J connectivity index is 1.91. The third kappa shape index (κ3) is 2.95. The molecule has 0 aromatic carbocycles. The number of furan rings is 1. The Labute approximate surface area is 103 Å². The molecule has 0 saturated heterocycles. The molecular formula is C12H13NO3S. The molecule has 0 radical (unpaired) electrons. The van der Waals surface area contributed by atoms with Crippen LogP contribution >= 0.6 is 11.3 Å². The number of rotatable bonds is 5. The summed E-state index contributed by atoms with van der Waals surface area (Å²) < 4.78 is 5.27. The minimum atomic E-state index is -0.875. The molecule has 0 bridgehead atoms. The van der Waals surface area contributed by atoms with Crippen molar-refractivity contribution >= 4 is 17.3 Å². The molecule has 2 aromatic rings. The molecule has 2 rings (SSSR count). The lowest BCUT2D eigenvalue weighted by molar-refractivity contribution is 0.0702. The van der Waals surface area contributed by atoms with Crippen LogP contribution in [-0.4, -0.2) is 11.1 Å². The fourth-order valence-corrected chi connectivity index (χ4v) is 2.28. The highest BCUT2D eigenvalue weighted by atomic mass is 32.1. The van der Waals surface area contributed by atoms with Crippen molar-refractivity contribution in [1.82, 2.24) is 5.32 Å². The van der Waals surface area contributed by atoms with Crippen LogP contribution in [0.4, 0.5) is 0 Å². The zero-order chi connectivity index (χ0) is 12.3. The van der Waals surface area contributed by atoms with E-state index in [9.17, 15) is 4.79 Å². The molecular weight excluding hydrogens is 238 g/mol. The predicted octanol–water partition coefficient (Wildman–Crippen LogP) is 2.89. The van der Waals surface area contributed by atoms with Crippen LogP contribution in [0.15, 0.2) is 34.9 Å². The highest BCUT2D eigenvalue weighted by molar-refractivity contribution is 7.13. The van der Waals surface area contributed by atoms with Gasteiger partial charge in [-0.25, -0.2) is 4.79 Å². The fraction of sp³-hybridized carbons (Fsp3) is 0.250. The van der Waals surface area contributed by atoms with Gasteiger partial charge in [-0.15, -0.1) is 11.3 Å². The lowest BCUT2D eigenvalue weighted by Crippen LogP contribution is -2.16. The Hall–Kier alpha value is -1.59. The standard InChI is InChI=1S/C12H13NO3S/c1-8(10-3-2-6-16-10)13-7-9-4-5-11(17-9)12(14)15/h2-6,8,13H,7H2,1H3,(H,14,15)/t8-/m1/s1. The highest BCUT2D eigenvalue weighted by Crippen LogP contribution is 2.18. The van der Waals surface area contributed by atoms with Gasteiger partial charge >= 0.3 is 5.97 Å². The van der Waals surface area contributed by atoms with E-state index in [-0.39, 0.29) is 6.04 Å². The summed E-state index contributed by atoms with van der Waals surface area (Å²) in [7, 11) is 0. The van der Waals surface area contributed by atoms with Crippen molar-refractivity contribution in [1.29, 1.82) is 0 Å². The minimum absolute atomic E-state index is 0.111. The molecule has 0 spiro atoms. The summed E-state index contributed by atoms with van der Waals surface area (Å²) in [6.45, 7) is 2.64. The van der Waals surface area contributed by atoms with E-state index >= 15 is 0 Å². The van der Waals surface area contributed by atoms with Crippen molar-refractivity contribution in [3.05, 3.63) is 46.0 Å². The van der Waals surface area contributed by atoms with Gasteiger partial charge < -0.3 is 14.8 Å². The summed E-state index contributed by atoms with van der Waals surface area (Å²) >= 11 is 1.29. The molecule has 0 aliphatic heterocycles. The lowest BCUT2D eigenvalue weighted by atomic mass is 10.2. The SMILES string of the molecule is C[C@@H](NCc1ccc(C(=O)O)s1)c1ccco1. The van der Waals surface area contributed by atoms with Gasteiger partial charge in [-0.05, 0) is 31.2 Å². The molecule has 5 heteroatoms. The molecule has 90 valence electrons. The molecule has 1 atom stereocenters. The summed E-state index contributed by atoms with van der Waals surface area (Å²) in [5.74, 6) is 0.000322. The molecule has 2 N–H and O–H groups in total. The van der Waals surface area contributed by atoms with Crippen LogP contribution in [0, 0.1) is 0 Å². The van der Waals surface area contributed by atoms with Gasteiger partial charge in [-0.1, -0.05) is 0 Å². The summed E-state index contributed by atoms with van der Waals surface area (Å²) in [5.41, 5.74) is 0. The van der Waals surface area contributed by atoms with Gasteiger partial charge in [-0.3, -0.25) is 0 Å². The summed E-state index contributed by atoms with van der Waals surface area (Å²) in [6, 6.07) is 7.33. The number of carboxylic acid groups (broad SMARTS) is 1. The molecule has 4 nitrogen and oxygen atoms in total. The van der Waals surface area contributed by atoms with Crippen molar-refractivity contribution < 1.29 is 14.3 Å². The second-order valence-corrected chi connectivity index (χ2v) is 4.86. The topological polar surface area (TPSA) is 62.5 Å². The molecule has 0 aliphatic carbocycles. The Morgan fingerprint density at radius 2 is 2.35 bits per heavy atom. The second-order valence-electron chi connectivity index (χ2n) is 3.69. The number of aromatic carboxylic acids is 1. The van der Waals surface area contributed by atoms with Gasteiger partial charge in [0.1, 0.15) is 10.6 Å². The summed E-state index contributed by atoms with van der Waals surface area (Å²) in [4.78, 5) is 12.1. The molecule has 0 amide bonds. The van der Waals surface area contributed by atoms with E-state index in [0.717, 1.165) is 10.6 Å². The summed E-state index contributed by atoms with van der Waals surface area (Å²) in [6.07, 6.45) is 1.64. The average Bonchev–Trinajstić information content (AvgIpc) is 2.97. The maximum atomic E-state index is 10.7. The number of thiophene rings is 1. The van der Waals surface area contributed by atoms with Gasteiger partial charge in [0.2, 0.25) is 0 Å². The van der Waals surface area contributed by atoms with Crippen LogP contribution in [0.1, 0.15) is 33.3 Å². The van der Waals surface area contributed by atoms with Crippen LogP contribution in [0.2, 0.25) is 0 Å². The van der Waals surface area contributed by atoms with Crippen LogP contribution in [0.3, 0.4) is 0 Å². The minimum Gasteiger partial charge on any atom is -0.477 e. The Bertz CT molecular complexity index is 490. The first-order chi connectivity index (χ1) is 8.16. The smallest absolute Gasteiger partial charge is 0.345 e. The van der Waals surface area contributed by atoms with E-state index in [2.05, 4.69) is 5.32 Å². The molecule has 0 saturated carbocycles. The van der Waals surface area contributed by atoms with Gasteiger partial charge in [0.25, 0.3) is 0 Å². The first-order valence-electron chi connectivity index (χ1n) is 5.25. The zero-order valence-corrected chi connectivity index (χ0v) is 10.2. The number of carboxylic acids is 1. The van der Waals surface area contributed by atoms with Crippen LogP contribution < -0.4 is 5.32 Å². The fourth-order valence-electron chi connectivity index (χ4n) is 1.48. The third-order valence-corrected chi connectivity index (χ3v) is 3.50. The largest absolute Gasteiger partial charge is 0.477 e. The first-order valence-corrected chi connectivity index (χ1v) is 6.07.